The lowest BCUT2D eigenvalue weighted by atomic mass is 10.1. The molecular formula is C26H34ClFN5O9P. The summed E-state index contributed by atoms with van der Waals surface area (Å²) in [7, 11) is -5.19. The first-order valence-corrected chi connectivity index (χ1v) is 15.8. The van der Waals surface area contributed by atoms with Gasteiger partial charge in [0.1, 0.15) is 29.9 Å². The van der Waals surface area contributed by atoms with Crippen molar-refractivity contribution in [3.05, 3.63) is 47.1 Å². The fourth-order valence-electron chi connectivity index (χ4n) is 5.24. The highest BCUT2D eigenvalue weighted by Crippen LogP contribution is 2.52. The Morgan fingerprint density at radius 3 is 2.56 bits per heavy atom. The number of aliphatic hydroxyl groups excluding tert-OH is 3. The van der Waals surface area contributed by atoms with Gasteiger partial charge in [0.2, 0.25) is 10.6 Å². The largest absolute Gasteiger partial charge is 0.393 e. The van der Waals surface area contributed by atoms with E-state index in [9.17, 15) is 34.1 Å². The Labute approximate surface area is 250 Å². The molecule has 3 aromatic rings. The summed E-state index contributed by atoms with van der Waals surface area (Å²) in [5.74, 6) is 0.0139. The Hall–Kier alpha value is -2.30. The molecule has 0 amide bonds. The first-order chi connectivity index (χ1) is 20.4. The Balaban J connectivity index is 1.31. The molecule has 6 atom stereocenters. The molecule has 0 bridgehead atoms. The quantitative estimate of drug-likeness (QED) is 0.124. The molecule has 0 radical (unpaired) electrons. The number of hydrogen-bond donors (Lipinski definition) is 6. The third-order valence-electron chi connectivity index (χ3n) is 7.89. The molecule has 0 spiro atoms. The summed E-state index contributed by atoms with van der Waals surface area (Å²) in [4.78, 5) is 28.7. The summed E-state index contributed by atoms with van der Waals surface area (Å²) in [6, 6.07) is 5.55. The summed E-state index contributed by atoms with van der Waals surface area (Å²) in [5.41, 5.74) is 0.762. The maximum Gasteiger partial charge on any atom is 0.361 e. The van der Waals surface area contributed by atoms with Gasteiger partial charge in [0.05, 0.1) is 37.5 Å². The number of benzene rings is 1. The lowest BCUT2D eigenvalue weighted by molar-refractivity contribution is -0.136. The maximum atomic E-state index is 13.3. The smallest absolute Gasteiger partial charge is 0.361 e. The molecule has 1 aromatic carbocycles. The molecule has 1 aliphatic carbocycles. The number of aliphatic hydroxyl groups is 3. The topological polar surface area (TPSA) is 202 Å². The van der Waals surface area contributed by atoms with E-state index in [4.69, 9.17) is 25.8 Å². The minimum Gasteiger partial charge on any atom is -0.393 e. The van der Waals surface area contributed by atoms with Crippen molar-refractivity contribution in [1.82, 2.24) is 19.7 Å². The van der Waals surface area contributed by atoms with E-state index in [0.717, 1.165) is 25.7 Å². The van der Waals surface area contributed by atoms with E-state index in [1.54, 1.807) is 6.92 Å². The highest BCUT2D eigenvalue weighted by atomic mass is 35.5. The lowest BCUT2D eigenvalue weighted by Crippen LogP contribution is -2.45. The van der Waals surface area contributed by atoms with Gasteiger partial charge in [-0.1, -0.05) is 25.0 Å². The summed E-state index contributed by atoms with van der Waals surface area (Å²) < 4.78 is 44.0. The van der Waals surface area contributed by atoms with Crippen molar-refractivity contribution in [2.45, 2.75) is 74.6 Å². The average Bonchev–Trinajstić information content (AvgIpc) is 3.69. The Morgan fingerprint density at radius 1 is 1.21 bits per heavy atom. The second-order valence-corrected chi connectivity index (χ2v) is 13.0. The molecule has 236 valence electrons. The van der Waals surface area contributed by atoms with Crippen molar-refractivity contribution in [2.75, 3.05) is 25.1 Å². The fraction of sp³-hybridized carbons (Fsp3) is 0.577. The van der Waals surface area contributed by atoms with Crippen molar-refractivity contribution in [1.29, 1.82) is 0 Å². The summed E-state index contributed by atoms with van der Waals surface area (Å²) >= 11 is 6.19. The van der Waals surface area contributed by atoms with Gasteiger partial charge in [-0.25, -0.2) is 9.07 Å². The normalized spacial score (nSPS) is 25.3. The zero-order valence-corrected chi connectivity index (χ0v) is 24.8. The molecule has 14 nitrogen and oxygen atoms in total. The molecule has 43 heavy (non-hydrogen) atoms. The van der Waals surface area contributed by atoms with Gasteiger partial charge in [-0.2, -0.15) is 15.1 Å². The zero-order chi connectivity index (χ0) is 30.9. The number of hydrogen-bond acceptors (Lipinski definition) is 11. The van der Waals surface area contributed by atoms with Gasteiger partial charge in [-0.15, -0.1) is 0 Å². The highest BCUT2D eigenvalue weighted by molar-refractivity contribution is 7.53. The fourth-order valence-corrected chi connectivity index (χ4v) is 6.08. The summed E-state index contributed by atoms with van der Waals surface area (Å²) in [6.45, 7) is -0.952. The Kier molecular flexibility index (Phi) is 9.69. The number of rotatable bonds is 12. The van der Waals surface area contributed by atoms with Crippen LogP contribution in [0.5, 0.6) is 0 Å². The minimum absolute atomic E-state index is 0.0631. The van der Waals surface area contributed by atoms with E-state index in [1.165, 1.54) is 35.1 Å². The summed E-state index contributed by atoms with van der Waals surface area (Å²) in [6.07, 6.45) is -0.751. The van der Waals surface area contributed by atoms with Crippen LogP contribution in [-0.2, 0) is 18.8 Å². The van der Waals surface area contributed by atoms with Crippen molar-refractivity contribution in [2.24, 2.45) is 0 Å². The van der Waals surface area contributed by atoms with E-state index in [1.807, 2.05) is 0 Å². The number of nitrogens with zero attached hydrogens (tertiary/aromatic N) is 4. The zero-order valence-electron chi connectivity index (χ0n) is 23.2. The van der Waals surface area contributed by atoms with Crippen LogP contribution in [0.1, 0.15) is 50.5 Å². The second kappa shape index (κ2) is 13.0. The van der Waals surface area contributed by atoms with Crippen LogP contribution in [0.3, 0.4) is 0 Å². The first-order valence-electron chi connectivity index (χ1n) is 13.8. The van der Waals surface area contributed by atoms with E-state index in [0.29, 0.717) is 16.8 Å². The van der Waals surface area contributed by atoms with Crippen LogP contribution < -0.4 is 5.32 Å². The van der Waals surface area contributed by atoms with E-state index in [-0.39, 0.29) is 17.0 Å². The molecule has 1 aliphatic heterocycles. The van der Waals surface area contributed by atoms with Crippen LogP contribution in [0.2, 0.25) is 5.28 Å². The van der Waals surface area contributed by atoms with E-state index >= 15 is 0 Å². The van der Waals surface area contributed by atoms with Gasteiger partial charge in [-0.05, 0) is 49.1 Å². The number of ether oxygens (including phenoxy) is 3. The third-order valence-corrected chi connectivity index (χ3v) is 9.52. The molecule has 1 saturated heterocycles. The minimum atomic E-state index is -5.19. The standard InChI is InChI=1S/C26H34ClFN5O9P/c1-14(15-6-8-16(28)9-7-15)40-13-26(12-34,43(37,38)39)41-11-19-20(35)21(36)24(42-19)33-23-18(10-29-33)22(31-25(27)32-23)30-17-4-2-3-5-17/h6-10,14,17,19-21,24,34-36H,2-5,11-13H2,1H3,(H,30,31,32)(H2,37,38,39)/t14?,19-,20-,21-,24-,26?/m1/s1. The number of halogens is 2. The van der Waals surface area contributed by atoms with Gasteiger partial charge in [0.25, 0.3) is 0 Å². The second-order valence-electron chi connectivity index (χ2n) is 10.8. The van der Waals surface area contributed by atoms with Gasteiger partial charge in [-0.3, -0.25) is 4.57 Å². The predicted molar refractivity (Wildman–Crippen MR) is 151 cm³/mol. The van der Waals surface area contributed by atoms with E-state index in [2.05, 4.69) is 20.4 Å². The molecule has 2 aliphatic rings. The number of aromatic nitrogens is 4. The predicted octanol–water partition coefficient (Wildman–Crippen LogP) is 2.25. The molecule has 2 unspecified atom stereocenters. The summed E-state index contributed by atoms with van der Waals surface area (Å²) in [5, 5.41) is 37.3. The SMILES string of the molecule is CC(OCC(CO)(OC[C@H]1O[C@@H](n2ncc3c(NC4CCCC4)nc(Cl)nc32)[C@H](O)[C@@H]1O)P(=O)(O)O)c1ccc(F)cc1. The van der Waals surface area contributed by atoms with Crippen molar-refractivity contribution in [3.63, 3.8) is 0 Å². The lowest BCUT2D eigenvalue weighted by Gasteiger charge is -2.34. The molecule has 5 rings (SSSR count). The molecular weight excluding hydrogens is 612 g/mol. The molecule has 6 N–H and O–H groups in total. The number of anilines is 1. The van der Waals surface area contributed by atoms with Crippen LogP contribution in [0.25, 0.3) is 11.0 Å². The van der Waals surface area contributed by atoms with E-state index < -0.39 is 69.2 Å². The maximum absolute atomic E-state index is 13.3. The average molecular weight is 646 g/mol. The third kappa shape index (κ3) is 6.71. The van der Waals surface area contributed by atoms with Crippen LogP contribution in [0.15, 0.2) is 30.5 Å². The first kappa shape index (κ1) is 32.1. The van der Waals surface area contributed by atoms with Crippen LogP contribution in [0.4, 0.5) is 10.2 Å². The van der Waals surface area contributed by atoms with Crippen molar-refractivity contribution < 1.29 is 48.3 Å². The molecule has 2 aromatic heterocycles. The van der Waals surface area contributed by atoms with Crippen LogP contribution in [0, 0.1) is 5.82 Å². The number of nitrogens with one attached hydrogen (secondary N) is 1. The molecule has 2 fully saturated rings. The van der Waals surface area contributed by atoms with Gasteiger partial charge in [0.15, 0.2) is 11.9 Å². The van der Waals surface area contributed by atoms with Crippen LogP contribution in [-0.4, -0.2) is 94.4 Å². The Morgan fingerprint density at radius 2 is 1.91 bits per heavy atom. The highest BCUT2D eigenvalue weighted by Gasteiger charge is 2.52. The molecule has 3 heterocycles. The van der Waals surface area contributed by atoms with Gasteiger partial charge >= 0.3 is 7.60 Å². The number of fused-ring (bicyclic) bond motifs is 1. The molecule has 1 saturated carbocycles. The van der Waals surface area contributed by atoms with Crippen LogP contribution >= 0.6 is 19.2 Å². The van der Waals surface area contributed by atoms with Crippen molar-refractivity contribution >= 4 is 36.0 Å². The van der Waals surface area contributed by atoms with Crippen molar-refractivity contribution in [3.8, 4) is 0 Å². The molecule has 17 heteroatoms. The Bertz CT molecular complexity index is 1460. The monoisotopic (exact) mass is 645 g/mol. The van der Waals surface area contributed by atoms with Gasteiger partial charge < -0.3 is 44.6 Å². The van der Waals surface area contributed by atoms with Gasteiger partial charge in [0, 0.05) is 6.04 Å².